The first-order valence-corrected chi connectivity index (χ1v) is 13.3. The molecule has 2 amide bonds. The van der Waals surface area contributed by atoms with Gasteiger partial charge >= 0.3 is 6.09 Å². The number of hydrogen-bond acceptors (Lipinski definition) is 11. The number of aliphatic hydroxyl groups is 3. The molecule has 0 unspecified atom stereocenters. The number of hydrogen-bond donors (Lipinski definition) is 5. The molecule has 0 aliphatic heterocycles. The fraction of sp³-hybridized carbons (Fsp3) is 0.448. The SMILES string of the molecule is C=CCN(Cc1cc(N(C)C)c2c(c1O)C(O)=C1C(=O)[C@]3(O)C(O)=C(C(N)=O)C(=O)[C@@H](N(C)C)[C@@H]3C[C@@H]1C2)C(=O)OC. The smallest absolute Gasteiger partial charge is 0.410 e. The summed E-state index contributed by atoms with van der Waals surface area (Å²) >= 11 is 0. The lowest BCUT2D eigenvalue weighted by Gasteiger charge is -2.50. The number of likely N-dealkylation sites (N-methyl/N-ethyl adjacent to an activating group) is 1. The Bertz CT molecular complexity index is 1460. The summed E-state index contributed by atoms with van der Waals surface area (Å²) in [6.45, 7) is 3.62. The van der Waals surface area contributed by atoms with Crippen molar-refractivity contribution in [3.8, 4) is 5.75 Å². The lowest BCUT2D eigenvalue weighted by atomic mass is 9.57. The third-order valence-corrected chi connectivity index (χ3v) is 8.40. The molecule has 0 radical (unpaired) electrons. The van der Waals surface area contributed by atoms with Crippen LogP contribution in [-0.4, -0.2) is 107 Å². The zero-order valence-electron chi connectivity index (χ0n) is 24.2. The number of primary amides is 1. The van der Waals surface area contributed by atoms with Crippen LogP contribution < -0.4 is 10.6 Å². The maximum absolute atomic E-state index is 14.1. The summed E-state index contributed by atoms with van der Waals surface area (Å²) in [6, 6.07) is 0.508. The number of Topliss-reactive ketones (excluding diaryl/α,β-unsaturated/α-hetero) is 2. The monoisotopic (exact) mass is 584 g/mol. The van der Waals surface area contributed by atoms with Crippen LogP contribution in [0.1, 0.15) is 23.1 Å². The number of ether oxygens (including phenoxy) is 1. The Morgan fingerprint density at radius 2 is 1.83 bits per heavy atom. The average Bonchev–Trinajstić information content (AvgIpc) is 2.90. The predicted molar refractivity (Wildman–Crippen MR) is 152 cm³/mol. The van der Waals surface area contributed by atoms with Crippen LogP contribution in [-0.2, 0) is 32.1 Å². The number of aromatic hydroxyl groups is 1. The van der Waals surface area contributed by atoms with Crippen LogP contribution >= 0.6 is 0 Å². The molecule has 3 aliphatic carbocycles. The second-order valence-corrected chi connectivity index (χ2v) is 11.3. The van der Waals surface area contributed by atoms with Gasteiger partial charge in [-0.1, -0.05) is 6.08 Å². The fourth-order valence-electron chi connectivity index (χ4n) is 6.56. The molecule has 6 N–H and O–H groups in total. The van der Waals surface area contributed by atoms with E-state index in [1.165, 1.54) is 23.0 Å². The van der Waals surface area contributed by atoms with Crippen LogP contribution in [0.5, 0.6) is 5.75 Å². The van der Waals surface area contributed by atoms with Crippen molar-refractivity contribution in [1.29, 1.82) is 0 Å². The molecule has 0 spiro atoms. The number of nitrogens with zero attached hydrogens (tertiary/aromatic N) is 3. The van der Waals surface area contributed by atoms with Gasteiger partial charge in [-0.25, -0.2) is 4.79 Å². The lowest BCUT2D eigenvalue weighted by molar-refractivity contribution is -0.153. The van der Waals surface area contributed by atoms with E-state index in [1.54, 1.807) is 39.2 Å². The molecule has 0 aromatic heterocycles. The first kappa shape index (κ1) is 30.6. The highest BCUT2D eigenvalue weighted by molar-refractivity contribution is 6.24. The molecule has 13 nitrogen and oxygen atoms in total. The van der Waals surface area contributed by atoms with E-state index in [-0.39, 0.29) is 48.4 Å². The van der Waals surface area contributed by atoms with Gasteiger partial charge in [-0.2, -0.15) is 0 Å². The molecule has 0 bridgehead atoms. The summed E-state index contributed by atoms with van der Waals surface area (Å²) in [4.78, 5) is 56.3. The highest BCUT2D eigenvalue weighted by Crippen LogP contribution is 2.54. The third kappa shape index (κ3) is 4.40. The number of fused-ring (bicyclic) bond motifs is 3. The quantitative estimate of drug-likeness (QED) is 0.225. The van der Waals surface area contributed by atoms with Crippen molar-refractivity contribution in [2.24, 2.45) is 17.6 Å². The van der Waals surface area contributed by atoms with Gasteiger partial charge in [0.25, 0.3) is 5.91 Å². The van der Waals surface area contributed by atoms with Crippen molar-refractivity contribution in [3.63, 3.8) is 0 Å². The first-order chi connectivity index (χ1) is 19.6. The second kappa shape index (κ2) is 10.8. The van der Waals surface area contributed by atoms with E-state index in [4.69, 9.17) is 10.5 Å². The number of carbonyl (C=O) groups excluding carboxylic acids is 4. The summed E-state index contributed by atoms with van der Waals surface area (Å²) in [7, 11) is 7.82. The Morgan fingerprint density at radius 3 is 2.36 bits per heavy atom. The summed E-state index contributed by atoms with van der Waals surface area (Å²) in [5, 5.41) is 45.8. The van der Waals surface area contributed by atoms with Gasteiger partial charge in [0, 0.05) is 43.4 Å². The van der Waals surface area contributed by atoms with Crippen LogP contribution in [0.4, 0.5) is 10.5 Å². The van der Waals surface area contributed by atoms with Gasteiger partial charge in [-0.05, 0) is 44.5 Å². The molecule has 13 heteroatoms. The molecule has 1 saturated carbocycles. The lowest BCUT2D eigenvalue weighted by Crippen LogP contribution is -2.65. The van der Waals surface area contributed by atoms with Crippen LogP contribution in [0.25, 0.3) is 5.76 Å². The van der Waals surface area contributed by atoms with Crippen molar-refractivity contribution in [2.75, 3.05) is 46.7 Å². The summed E-state index contributed by atoms with van der Waals surface area (Å²) in [5.41, 5.74) is 2.81. The number of rotatable bonds is 7. The number of phenolic OH excluding ortho intramolecular Hbond substituents is 1. The van der Waals surface area contributed by atoms with E-state index < -0.39 is 64.1 Å². The Balaban J connectivity index is 1.96. The standard InChI is InChI=1S/C29H36N4O9/c1-7-8-33(28(40)42-6)12-14-11-17(31(2)3)15-9-13-10-16-21(32(4)5)24(36)20(27(30)39)26(38)29(16,41)25(37)18(13)23(35)19(15)22(14)34/h7,11,13,16,21,34-35,38,41H,1,8-10,12H2,2-6H3,(H2,30,39)/t13-,16-,21-,29-/m0/s1. The van der Waals surface area contributed by atoms with E-state index in [0.29, 0.717) is 11.3 Å². The molecular formula is C29H36N4O9. The van der Waals surface area contributed by atoms with Crippen molar-refractivity contribution >= 4 is 35.0 Å². The highest BCUT2D eigenvalue weighted by Gasteiger charge is 2.64. The van der Waals surface area contributed by atoms with E-state index in [0.717, 1.165) is 0 Å². The Kier molecular flexibility index (Phi) is 7.87. The first-order valence-electron chi connectivity index (χ1n) is 13.3. The number of benzene rings is 1. The number of anilines is 1. The van der Waals surface area contributed by atoms with Gasteiger partial charge in [0.2, 0.25) is 5.78 Å². The minimum atomic E-state index is -2.73. The molecule has 4 atom stereocenters. The molecule has 226 valence electrons. The number of aliphatic hydroxyl groups excluding tert-OH is 2. The number of ketones is 2. The van der Waals surface area contributed by atoms with E-state index in [2.05, 4.69) is 6.58 Å². The normalized spacial score (nSPS) is 25.1. The summed E-state index contributed by atoms with van der Waals surface area (Å²) in [6.07, 6.45) is 0.934. The third-order valence-electron chi connectivity index (χ3n) is 8.40. The van der Waals surface area contributed by atoms with Gasteiger partial charge in [0.15, 0.2) is 11.4 Å². The number of methoxy groups -OCH3 is 1. The minimum Gasteiger partial charge on any atom is -0.508 e. The van der Waals surface area contributed by atoms with Gasteiger partial charge in [-0.15, -0.1) is 6.58 Å². The van der Waals surface area contributed by atoms with Crippen molar-refractivity contribution in [3.05, 3.63) is 52.3 Å². The molecule has 0 saturated heterocycles. The van der Waals surface area contributed by atoms with Crippen molar-refractivity contribution in [1.82, 2.24) is 9.80 Å². The minimum absolute atomic E-state index is 0.0173. The van der Waals surface area contributed by atoms with Gasteiger partial charge in [-0.3, -0.25) is 19.3 Å². The van der Waals surface area contributed by atoms with Crippen molar-refractivity contribution < 1.29 is 44.3 Å². The number of nitrogens with two attached hydrogens (primary N) is 1. The van der Waals surface area contributed by atoms with E-state index in [1.807, 2.05) is 0 Å². The van der Waals surface area contributed by atoms with Crippen LogP contribution in [0.3, 0.4) is 0 Å². The topological polar surface area (TPSA) is 194 Å². The van der Waals surface area contributed by atoms with Crippen LogP contribution in [0.15, 0.2) is 35.6 Å². The van der Waals surface area contributed by atoms with Crippen LogP contribution in [0, 0.1) is 11.8 Å². The predicted octanol–water partition coefficient (Wildman–Crippen LogP) is 0.784. The van der Waals surface area contributed by atoms with Crippen molar-refractivity contribution in [2.45, 2.75) is 31.0 Å². The fourth-order valence-corrected chi connectivity index (χ4v) is 6.56. The maximum Gasteiger partial charge on any atom is 0.410 e. The number of phenols is 1. The molecule has 0 heterocycles. The van der Waals surface area contributed by atoms with Gasteiger partial charge < -0.3 is 40.7 Å². The maximum atomic E-state index is 14.1. The van der Waals surface area contributed by atoms with Gasteiger partial charge in [0.05, 0.1) is 25.3 Å². The van der Waals surface area contributed by atoms with Crippen LogP contribution in [0.2, 0.25) is 0 Å². The number of carbonyl (C=O) groups is 4. The Morgan fingerprint density at radius 1 is 1.19 bits per heavy atom. The number of amides is 2. The largest absolute Gasteiger partial charge is 0.508 e. The molecular weight excluding hydrogens is 548 g/mol. The van der Waals surface area contributed by atoms with E-state index >= 15 is 0 Å². The Hall–Kier alpha value is -4.36. The van der Waals surface area contributed by atoms with E-state index in [9.17, 15) is 39.6 Å². The molecule has 1 aromatic carbocycles. The highest BCUT2D eigenvalue weighted by atomic mass is 16.5. The second-order valence-electron chi connectivity index (χ2n) is 11.3. The molecule has 4 rings (SSSR count). The summed E-state index contributed by atoms with van der Waals surface area (Å²) < 4.78 is 4.83. The zero-order valence-corrected chi connectivity index (χ0v) is 24.2. The zero-order chi connectivity index (χ0) is 31.4. The summed E-state index contributed by atoms with van der Waals surface area (Å²) in [5.74, 6) is -7.23. The average molecular weight is 585 g/mol. The molecule has 3 aliphatic rings. The molecule has 1 fully saturated rings. The Labute approximate surface area is 242 Å². The molecule has 42 heavy (non-hydrogen) atoms. The molecule has 1 aromatic rings. The van der Waals surface area contributed by atoms with Gasteiger partial charge in [0.1, 0.15) is 22.8 Å².